The van der Waals surface area contributed by atoms with Crippen LogP contribution in [-0.2, 0) is 16.1 Å². The van der Waals surface area contributed by atoms with E-state index in [9.17, 15) is 9.59 Å². The molecule has 8 heteroatoms. The van der Waals surface area contributed by atoms with E-state index in [2.05, 4.69) is 4.98 Å². The normalized spacial score (nSPS) is 18.2. The number of hydrogen-bond acceptors (Lipinski definition) is 5. The van der Waals surface area contributed by atoms with Crippen molar-refractivity contribution >= 4 is 40.2 Å². The molecule has 0 bridgehead atoms. The summed E-state index contributed by atoms with van der Waals surface area (Å²) in [6, 6.07) is 5.06. The van der Waals surface area contributed by atoms with Gasteiger partial charge in [-0.2, -0.15) is 0 Å². The van der Waals surface area contributed by atoms with Crippen molar-refractivity contribution in [3.05, 3.63) is 33.6 Å². The molecule has 0 spiro atoms. The Balaban J connectivity index is 2.04. The average molecular weight is 396 g/mol. The molecule has 0 saturated carbocycles. The van der Waals surface area contributed by atoms with Crippen molar-refractivity contribution in [2.45, 2.75) is 42.8 Å². The zero-order valence-corrected chi connectivity index (χ0v) is 16.6. The first-order valence-electron chi connectivity index (χ1n) is 8.56. The lowest BCUT2D eigenvalue weighted by Gasteiger charge is -2.20. The molecule has 1 aliphatic heterocycles. The smallest absolute Gasteiger partial charge is 0.262 e. The highest BCUT2D eigenvalue weighted by Crippen LogP contribution is 2.26. The van der Waals surface area contributed by atoms with Gasteiger partial charge in [0.15, 0.2) is 5.16 Å². The van der Waals surface area contributed by atoms with Gasteiger partial charge in [0.1, 0.15) is 0 Å². The number of nitrogens with zero attached hydrogens (tertiary/aromatic N) is 3. The lowest BCUT2D eigenvalue weighted by Crippen LogP contribution is -2.32. The largest absolute Gasteiger partial charge is 0.376 e. The van der Waals surface area contributed by atoms with Crippen LogP contribution < -0.4 is 5.56 Å². The number of carbonyl (C=O) groups excluding carboxylic acids is 1. The summed E-state index contributed by atoms with van der Waals surface area (Å²) in [4.78, 5) is 31.5. The van der Waals surface area contributed by atoms with Crippen molar-refractivity contribution in [1.82, 2.24) is 14.5 Å². The number of benzene rings is 1. The minimum Gasteiger partial charge on any atom is -0.376 e. The third kappa shape index (κ3) is 4.05. The summed E-state index contributed by atoms with van der Waals surface area (Å²) in [5.74, 6) is -0.0286. The van der Waals surface area contributed by atoms with E-state index in [1.165, 1.54) is 16.7 Å². The first-order chi connectivity index (χ1) is 12.4. The topological polar surface area (TPSA) is 64.4 Å². The maximum Gasteiger partial charge on any atom is 0.262 e. The molecule has 6 nitrogen and oxygen atoms in total. The number of thioether (sulfide) groups is 1. The second-order valence-corrected chi connectivity index (χ2v) is 8.34. The van der Waals surface area contributed by atoms with Crippen molar-refractivity contribution in [2.24, 2.45) is 0 Å². The zero-order chi connectivity index (χ0) is 18.8. The van der Waals surface area contributed by atoms with E-state index in [1.54, 1.807) is 36.9 Å². The van der Waals surface area contributed by atoms with E-state index in [4.69, 9.17) is 16.3 Å². The molecule has 0 unspecified atom stereocenters. The summed E-state index contributed by atoms with van der Waals surface area (Å²) >= 11 is 7.35. The maximum absolute atomic E-state index is 13.0. The first-order valence-corrected chi connectivity index (χ1v) is 9.82. The molecule has 1 aromatic heterocycles. The van der Waals surface area contributed by atoms with E-state index in [-0.39, 0.29) is 22.8 Å². The number of halogens is 1. The Kier molecular flexibility index (Phi) is 5.89. The summed E-state index contributed by atoms with van der Waals surface area (Å²) in [6.45, 7) is 2.97. The molecule has 26 heavy (non-hydrogen) atoms. The molecule has 0 N–H and O–H groups in total. The van der Waals surface area contributed by atoms with Gasteiger partial charge in [-0.05, 0) is 38.0 Å². The molecule has 1 fully saturated rings. The van der Waals surface area contributed by atoms with Crippen LogP contribution in [0, 0.1) is 0 Å². The number of ether oxygens (including phenoxy) is 1. The van der Waals surface area contributed by atoms with Gasteiger partial charge in [0.2, 0.25) is 5.91 Å². The molecule has 2 aromatic rings. The molecule has 140 valence electrons. The van der Waals surface area contributed by atoms with E-state index in [0.29, 0.717) is 34.2 Å². The van der Waals surface area contributed by atoms with Crippen LogP contribution in [0.4, 0.5) is 0 Å². The van der Waals surface area contributed by atoms with Gasteiger partial charge in [-0.25, -0.2) is 4.98 Å². The third-order valence-electron chi connectivity index (χ3n) is 4.36. The van der Waals surface area contributed by atoms with Crippen LogP contribution in [0.1, 0.15) is 19.8 Å². The number of amides is 1. The molecule has 1 amide bonds. The summed E-state index contributed by atoms with van der Waals surface area (Å²) in [6.07, 6.45) is 1.91. The molecule has 1 aromatic carbocycles. The second kappa shape index (κ2) is 7.98. The summed E-state index contributed by atoms with van der Waals surface area (Å²) in [7, 11) is 3.43. The summed E-state index contributed by atoms with van der Waals surface area (Å²) in [5.41, 5.74) is 0.410. The van der Waals surface area contributed by atoms with Crippen LogP contribution in [0.5, 0.6) is 0 Å². The molecule has 0 aliphatic carbocycles. The zero-order valence-electron chi connectivity index (χ0n) is 15.1. The van der Waals surface area contributed by atoms with Crippen LogP contribution in [0.3, 0.4) is 0 Å². The minimum absolute atomic E-state index is 0.00143. The molecular weight excluding hydrogens is 374 g/mol. The molecule has 1 aliphatic rings. The Bertz CT molecular complexity index is 878. The van der Waals surface area contributed by atoms with Gasteiger partial charge in [0, 0.05) is 25.7 Å². The number of rotatable bonds is 5. The van der Waals surface area contributed by atoms with Crippen LogP contribution in [-0.4, -0.2) is 52.4 Å². The van der Waals surface area contributed by atoms with Crippen molar-refractivity contribution in [1.29, 1.82) is 0 Å². The minimum atomic E-state index is -0.357. The van der Waals surface area contributed by atoms with Crippen LogP contribution in [0.15, 0.2) is 28.2 Å². The van der Waals surface area contributed by atoms with Gasteiger partial charge in [-0.3, -0.25) is 14.2 Å². The highest BCUT2D eigenvalue weighted by molar-refractivity contribution is 8.00. The van der Waals surface area contributed by atoms with Crippen molar-refractivity contribution in [3.8, 4) is 0 Å². The summed E-state index contributed by atoms with van der Waals surface area (Å²) in [5, 5.41) is 1.20. The maximum atomic E-state index is 13.0. The molecular formula is C18H22ClN3O3S. The quantitative estimate of drug-likeness (QED) is 0.575. The van der Waals surface area contributed by atoms with Gasteiger partial charge in [-0.15, -0.1) is 0 Å². The highest BCUT2D eigenvalue weighted by Gasteiger charge is 2.23. The van der Waals surface area contributed by atoms with Gasteiger partial charge < -0.3 is 9.64 Å². The third-order valence-corrected chi connectivity index (χ3v) is 5.68. The lowest BCUT2D eigenvalue weighted by molar-refractivity contribution is -0.127. The monoisotopic (exact) mass is 395 g/mol. The van der Waals surface area contributed by atoms with E-state index in [1.807, 2.05) is 6.92 Å². The fraction of sp³-hybridized carbons (Fsp3) is 0.500. The predicted molar refractivity (Wildman–Crippen MR) is 104 cm³/mol. The lowest BCUT2D eigenvalue weighted by atomic mass is 10.2. The Morgan fingerprint density at radius 2 is 2.27 bits per heavy atom. The standard InChI is InChI=1S/C18H22ClN3O3S/c1-11(16(23)21(2)3)26-18-20-15-9-12(19)6-7-14(15)17(24)22(18)10-13-5-4-8-25-13/h6-7,9,11,13H,4-5,8,10H2,1-3H3/t11-,13+/m0/s1. The van der Waals surface area contributed by atoms with Gasteiger partial charge >= 0.3 is 0 Å². The molecule has 2 heterocycles. The fourth-order valence-electron chi connectivity index (χ4n) is 2.99. The average Bonchev–Trinajstić information content (AvgIpc) is 3.10. The van der Waals surface area contributed by atoms with Gasteiger partial charge in [0.25, 0.3) is 5.56 Å². The first kappa shape index (κ1) is 19.2. The number of hydrogen-bond donors (Lipinski definition) is 0. The fourth-order valence-corrected chi connectivity index (χ4v) is 4.22. The van der Waals surface area contributed by atoms with E-state index >= 15 is 0 Å². The van der Waals surface area contributed by atoms with Crippen molar-refractivity contribution in [3.63, 3.8) is 0 Å². The van der Waals surface area contributed by atoms with E-state index in [0.717, 1.165) is 12.8 Å². The van der Waals surface area contributed by atoms with Gasteiger partial charge in [-0.1, -0.05) is 23.4 Å². The van der Waals surface area contributed by atoms with Gasteiger partial charge in [0.05, 0.1) is 28.8 Å². The second-order valence-electron chi connectivity index (χ2n) is 6.60. The Morgan fingerprint density at radius 3 is 2.92 bits per heavy atom. The molecule has 1 saturated heterocycles. The molecule has 3 rings (SSSR count). The highest BCUT2D eigenvalue weighted by atomic mass is 35.5. The number of aromatic nitrogens is 2. The van der Waals surface area contributed by atoms with Crippen LogP contribution in [0.25, 0.3) is 10.9 Å². The predicted octanol–water partition coefficient (Wildman–Crippen LogP) is 2.80. The Morgan fingerprint density at radius 1 is 1.50 bits per heavy atom. The van der Waals surface area contributed by atoms with E-state index < -0.39 is 0 Å². The van der Waals surface area contributed by atoms with Crippen LogP contribution in [0.2, 0.25) is 5.02 Å². The van der Waals surface area contributed by atoms with Crippen molar-refractivity contribution in [2.75, 3.05) is 20.7 Å². The van der Waals surface area contributed by atoms with Crippen LogP contribution >= 0.6 is 23.4 Å². The SMILES string of the molecule is C[C@H](Sc1nc2cc(Cl)ccc2c(=O)n1C[C@H]1CCCO1)C(=O)N(C)C. The number of carbonyl (C=O) groups is 1. The van der Waals surface area contributed by atoms with Crippen molar-refractivity contribution < 1.29 is 9.53 Å². The number of fused-ring (bicyclic) bond motifs is 1. The molecule has 0 radical (unpaired) electrons. The summed E-state index contributed by atoms with van der Waals surface area (Å²) < 4.78 is 7.33. The molecule has 2 atom stereocenters. The Hall–Kier alpha value is -1.57. The Labute approximate surface area is 161 Å².